The van der Waals surface area contributed by atoms with Crippen molar-refractivity contribution in [3.8, 4) is 0 Å². The Bertz CT molecular complexity index is 488. The molecule has 2 aliphatic rings. The van der Waals surface area contributed by atoms with Gasteiger partial charge in [-0.3, -0.25) is 4.79 Å². The van der Waals surface area contributed by atoms with E-state index < -0.39 is 40.2 Å². The summed E-state index contributed by atoms with van der Waals surface area (Å²) in [4.78, 5) is 11.7. The van der Waals surface area contributed by atoms with Crippen molar-refractivity contribution in [3.63, 3.8) is 0 Å². The summed E-state index contributed by atoms with van der Waals surface area (Å²) >= 11 is 0. The molecular formula is C9H12F2N2O3S. The van der Waals surface area contributed by atoms with Gasteiger partial charge < -0.3 is 5.73 Å². The lowest BCUT2D eigenvalue weighted by atomic mass is 10.1. The minimum atomic E-state index is -3.79. The van der Waals surface area contributed by atoms with Crippen molar-refractivity contribution in [2.24, 2.45) is 11.7 Å². The van der Waals surface area contributed by atoms with Crippen molar-refractivity contribution in [2.45, 2.75) is 31.2 Å². The third-order valence-electron chi connectivity index (χ3n) is 2.98. The minimum Gasteiger partial charge on any atom is -0.317 e. The van der Waals surface area contributed by atoms with Crippen LogP contribution < -0.4 is 10.5 Å². The number of carbonyl (C=O) groups is 1. The Morgan fingerprint density at radius 3 is 2.71 bits per heavy atom. The molecule has 0 heterocycles. The van der Waals surface area contributed by atoms with Gasteiger partial charge in [0.1, 0.15) is 0 Å². The van der Waals surface area contributed by atoms with Gasteiger partial charge in [-0.25, -0.2) is 21.9 Å². The van der Waals surface area contributed by atoms with Crippen LogP contribution in [0.3, 0.4) is 0 Å². The Morgan fingerprint density at radius 2 is 2.24 bits per heavy atom. The van der Waals surface area contributed by atoms with Crippen LogP contribution in [0.15, 0.2) is 11.0 Å². The van der Waals surface area contributed by atoms with Crippen molar-refractivity contribution < 1.29 is 22.0 Å². The number of rotatable bonds is 5. The lowest BCUT2D eigenvalue weighted by Gasteiger charge is -2.11. The van der Waals surface area contributed by atoms with Gasteiger partial charge in [0.2, 0.25) is 6.43 Å². The predicted molar refractivity (Wildman–Crippen MR) is 55.4 cm³/mol. The fourth-order valence-electron chi connectivity index (χ4n) is 1.68. The number of allylic oxidation sites excluding steroid dienone is 2. The summed E-state index contributed by atoms with van der Waals surface area (Å²) in [6.07, 6.45) is -1.16. The molecule has 0 saturated heterocycles. The number of hydrogen-bond donors (Lipinski definition) is 2. The predicted octanol–water partition coefficient (Wildman–Crippen LogP) is 0.0926. The molecule has 1 fully saturated rings. The van der Waals surface area contributed by atoms with Gasteiger partial charge in [0.05, 0.1) is 10.4 Å². The monoisotopic (exact) mass is 266 g/mol. The molecule has 2 atom stereocenters. The SMILES string of the molecule is N[C@]1(C(=O)NS(=O)(=O)C2=CC2)C[C@H]1CC(F)F. The molecule has 0 aromatic rings. The van der Waals surface area contributed by atoms with Crippen molar-refractivity contribution in [1.82, 2.24) is 4.72 Å². The highest BCUT2D eigenvalue weighted by Gasteiger charge is 2.58. The van der Waals surface area contributed by atoms with Crippen molar-refractivity contribution in [3.05, 3.63) is 11.0 Å². The van der Waals surface area contributed by atoms with E-state index in [1.807, 2.05) is 4.72 Å². The second-order valence-electron chi connectivity index (χ2n) is 4.38. The number of nitrogens with two attached hydrogens (primary N) is 1. The first-order chi connectivity index (χ1) is 7.75. The normalized spacial score (nSPS) is 31.1. The van der Waals surface area contributed by atoms with Gasteiger partial charge >= 0.3 is 0 Å². The van der Waals surface area contributed by atoms with E-state index in [9.17, 15) is 22.0 Å². The van der Waals surface area contributed by atoms with Crippen LogP contribution >= 0.6 is 0 Å². The largest absolute Gasteiger partial charge is 0.317 e. The van der Waals surface area contributed by atoms with Crippen LogP contribution in [0.1, 0.15) is 19.3 Å². The van der Waals surface area contributed by atoms with E-state index in [1.54, 1.807) is 0 Å². The third-order valence-corrected chi connectivity index (χ3v) is 4.46. The molecule has 0 aromatic heterocycles. The van der Waals surface area contributed by atoms with Gasteiger partial charge in [-0.15, -0.1) is 0 Å². The first-order valence-corrected chi connectivity index (χ1v) is 6.57. The molecule has 5 nitrogen and oxygen atoms in total. The summed E-state index contributed by atoms with van der Waals surface area (Å²) in [6, 6.07) is 0. The number of amides is 1. The molecule has 1 saturated carbocycles. The average Bonchev–Trinajstić information content (AvgIpc) is 3.00. The maximum atomic E-state index is 12.1. The molecule has 96 valence electrons. The van der Waals surface area contributed by atoms with E-state index in [1.165, 1.54) is 6.08 Å². The second-order valence-corrected chi connectivity index (χ2v) is 6.11. The Labute approximate surface area is 97.1 Å². The summed E-state index contributed by atoms with van der Waals surface area (Å²) in [5.41, 5.74) is 4.12. The van der Waals surface area contributed by atoms with E-state index >= 15 is 0 Å². The Kier molecular flexibility index (Phi) is 2.74. The number of alkyl halides is 2. The van der Waals surface area contributed by atoms with Gasteiger partial charge in [0.25, 0.3) is 15.9 Å². The first-order valence-electron chi connectivity index (χ1n) is 5.09. The topological polar surface area (TPSA) is 89.3 Å². The summed E-state index contributed by atoms with van der Waals surface area (Å²) in [5, 5.41) is 0. The highest BCUT2D eigenvalue weighted by atomic mass is 32.2. The molecule has 1 amide bonds. The van der Waals surface area contributed by atoms with E-state index in [0.29, 0.717) is 6.42 Å². The Hall–Kier alpha value is -1.02. The average molecular weight is 266 g/mol. The van der Waals surface area contributed by atoms with Crippen molar-refractivity contribution in [2.75, 3.05) is 0 Å². The molecule has 0 radical (unpaired) electrons. The number of carbonyl (C=O) groups excluding carboxylic acids is 1. The first kappa shape index (κ1) is 12.4. The molecular weight excluding hydrogens is 254 g/mol. The zero-order valence-electron chi connectivity index (χ0n) is 8.82. The molecule has 8 heteroatoms. The highest BCUT2D eigenvalue weighted by Crippen LogP contribution is 2.45. The van der Waals surface area contributed by atoms with Crippen LogP contribution in [-0.4, -0.2) is 26.3 Å². The zero-order valence-corrected chi connectivity index (χ0v) is 9.64. The van der Waals surface area contributed by atoms with Crippen molar-refractivity contribution in [1.29, 1.82) is 0 Å². The number of nitrogens with one attached hydrogen (secondary N) is 1. The van der Waals surface area contributed by atoms with Gasteiger partial charge in [0, 0.05) is 12.8 Å². The van der Waals surface area contributed by atoms with Crippen LogP contribution in [0.4, 0.5) is 8.78 Å². The molecule has 3 N–H and O–H groups in total. The molecule has 0 aromatic carbocycles. The number of hydrogen-bond acceptors (Lipinski definition) is 4. The standard InChI is InChI=1S/C9H12F2N2O3S/c10-7(11)3-5-4-9(5,12)8(14)13-17(15,16)6-1-2-6/h1,5,7H,2-4,12H2,(H,13,14)/t5-,9-/m1/s1. The molecule has 0 bridgehead atoms. The smallest absolute Gasteiger partial charge is 0.260 e. The number of sulfonamides is 1. The summed E-state index contributed by atoms with van der Waals surface area (Å²) < 4.78 is 48.8. The van der Waals surface area contributed by atoms with Crippen LogP contribution in [0.5, 0.6) is 0 Å². The highest BCUT2D eigenvalue weighted by molar-refractivity contribution is 7.94. The van der Waals surface area contributed by atoms with Gasteiger partial charge in [0.15, 0.2) is 0 Å². The van der Waals surface area contributed by atoms with Gasteiger partial charge in [-0.05, 0) is 12.3 Å². The molecule has 0 aliphatic heterocycles. The molecule has 0 unspecified atom stereocenters. The minimum absolute atomic E-state index is 0.0950. The summed E-state index contributed by atoms with van der Waals surface area (Å²) in [6.45, 7) is 0. The molecule has 17 heavy (non-hydrogen) atoms. The van der Waals surface area contributed by atoms with Crippen molar-refractivity contribution >= 4 is 15.9 Å². The maximum absolute atomic E-state index is 12.1. The number of halogens is 2. The third kappa shape index (κ3) is 2.47. The lowest BCUT2D eigenvalue weighted by Crippen LogP contribution is -2.46. The van der Waals surface area contributed by atoms with E-state index in [-0.39, 0.29) is 11.3 Å². The zero-order chi connectivity index (χ0) is 12.8. The van der Waals surface area contributed by atoms with Crippen LogP contribution in [0.25, 0.3) is 0 Å². The quantitative estimate of drug-likeness (QED) is 0.738. The molecule has 0 spiro atoms. The van der Waals surface area contributed by atoms with E-state index in [2.05, 4.69) is 0 Å². The van der Waals surface area contributed by atoms with Gasteiger partial charge in [-0.2, -0.15) is 0 Å². The Balaban J connectivity index is 1.96. The fourth-order valence-corrected chi connectivity index (χ4v) is 2.77. The maximum Gasteiger partial charge on any atom is 0.260 e. The molecule has 2 rings (SSSR count). The summed E-state index contributed by atoms with van der Waals surface area (Å²) in [7, 11) is -3.79. The van der Waals surface area contributed by atoms with Gasteiger partial charge in [-0.1, -0.05) is 6.08 Å². The van der Waals surface area contributed by atoms with E-state index in [0.717, 1.165) is 0 Å². The van der Waals surface area contributed by atoms with Crippen LogP contribution in [-0.2, 0) is 14.8 Å². The molecule has 2 aliphatic carbocycles. The second kappa shape index (κ2) is 3.74. The lowest BCUT2D eigenvalue weighted by molar-refractivity contribution is -0.121. The van der Waals surface area contributed by atoms with Crippen LogP contribution in [0, 0.1) is 5.92 Å². The summed E-state index contributed by atoms with van der Waals surface area (Å²) in [5.74, 6) is -1.54. The Morgan fingerprint density at radius 1 is 1.65 bits per heavy atom. The fraction of sp³-hybridized carbons (Fsp3) is 0.667. The van der Waals surface area contributed by atoms with E-state index in [4.69, 9.17) is 5.73 Å². The van der Waals surface area contributed by atoms with Crippen LogP contribution in [0.2, 0.25) is 0 Å².